The van der Waals surface area contributed by atoms with Crippen LogP contribution in [0.3, 0.4) is 0 Å². The Bertz CT molecular complexity index is 1350. The zero-order chi connectivity index (χ0) is 25.7. The number of methoxy groups -OCH3 is 1. The largest absolute Gasteiger partial charge is 0.495 e. The fourth-order valence-electron chi connectivity index (χ4n) is 3.09. The van der Waals surface area contributed by atoms with Crippen molar-refractivity contribution in [2.75, 3.05) is 31.8 Å². The summed E-state index contributed by atoms with van der Waals surface area (Å²) in [6, 6.07) is 9.72. The standard InChI is InChI=1S/C25H21ClFN5O3/c1-5-14-10-18(25(34)30-21-9-7-16(26)13-29-21)22(20(11-14)35-4)31-24(33)17-8-6-15(12-19(17)27)23(28)32(2)3/h1,6-13,28H,2-4H3,(H,31,33)(H,29,30,34). The fourth-order valence-corrected chi connectivity index (χ4v) is 3.20. The Kier molecular flexibility index (Phi) is 7.69. The maximum atomic E-state index is 14.8. The molecule has 0 saturated heterocycles. The van der Waals surface area contributed by atoms with Gasteiger partial charge in [-0.2, -0.15) is 0 Å². The second-order valence-corrected chi connectivity index (χ2v) is 7.89. The van der Waals surface area contributed by atoms with Crippen molar-refractivity contribution in [2.24, 2.45) is 0 Å². The number of terminal acetylenes is 1. The average molecular weight is 494 g/mol. The Hall–Kier alpha value is -4.42. The molecule has 0 aliphatic heterocycles. The van der Waals surface area contributed by atoms with E-state index in [0.717, 1.165) is 6.07 Å². The number of benzene rings is 2. The second-order valence-electron chi connectivity index (χ2n) is 7.45. The maximum Gasteiger partial charge on any atom is 0.259 e. The van der Waals surface area contributed by atoms with Gasteiger partial charge in [-0.15, -0.1) is 6.42 Å². The molecule has 3 aromatic rings. The van der Waals surface area contributed by atoms with Crippen molar-refractivity contribution in [3.8, 4) is 18.1 Å². The smallest absolute Gasteiger partial charge is 0.259 e. The lowest BCUT2D eigenvalue weighted by molar-refractivity contribution is 0.102. The number of aromatic nitrogens is 1. The Labute approximate surface area is 206 Å². The molecule has 10 heteroatoms. The number of halogens is 2. The molecule has 1 heterocycles. The first-order chi connectivity index (χ1) is 16.6. The first kappa shape index (κ1) is 25.2. The van der Waals surface area contributed by atoms with E-state index in [1.807, 2.05) is 0 Å². The summed E-state index contributed by atoms with van der Waals surface area (Å²) in [4.78, 5) is 31.6. The molecule has 178 valence electrons. The van der Waals surface area contributed by atoms with Crippen LogP contribution in [0.2, 0.25) is 5.02 Å². The van der Waals surface area contributed by atoms with Gasteiger partial charge in [0.15, 0.2) is 0 Å². The molecule has 2 aromatic carbocycles. The molecule has 35 heavy (non-hydrogen) atoms. The van der Waals surface area contributed by atoms with Gasteiger partial charge >= 0.3 is 0 Å². The highest BCUT2D eigenvalue weighted by atomic mass is 35.5. The number of amides is 2. The molecule has 0 aliphatic carbocycles. The highest BCUT2D eigenvalue weighted by molar-refractivity contribution is 6.30. The Morgan fingerprint density at radius 3 is 2.40 bits per heavy atom. The quantitative estimate of drug-likeness (QED) is 0.270. The minimum atomic E-state index is -0.831. The van der Waals surface area contributed by atoms with E-state index >= 15 is 0 Å². The van der Waals surface area contributed by atoms with Crippen molar-refractivity contribution < 1.29 is 18.7 Å². The van der Waals surface area contributed by atoms with E-state index < -0.39 is 17.6 Å². The van der Waals surface area contributed by atoms with E-state index in [9.17, 15) is 14.0 Å². The Morgan fingerprint density at radius 2 is 1.83 bits per heavy atom. The number of nitrogens with one attached hydrogen (secondary N) is 3. The third kappa shape index (κ3) is 5.75. The van der Waals surface area contributed by atoms with Crippen LogP contribution in [-0.2, 0) is 0 Å². The monoisotopic (exact) mass is 493 g/mol. The van der Waals surface area contributed by atoms with Crippen LogP contribution in [0.15, 0.2) is 48.7 Å². The highest BCUT2D eigenvalue weighted by Gasteiger charge is 2.22. The highest BCUT2D eigenvalue weighted by Crippen LogP contribution is 2.32. The number of amidine groups is 1. The van der Waals surface area contributed by atoms with E-state index in [0.29, 0.717) is 16.1 Å². The van der Waals surface area contributed by atoms with Gasteiger partial charge in [-0.05, 0) is 36.4 Å². The first-order valence-corrected chi connectivity index (χ1v) is 10.5. The normalized spacial score (nSPS) is 10.2. The Morgan fingerprint density at radius 1 is 1.11 bits per heavy atom. The van der Waals surface area contributed by atoms with Gasteiger partial charge in [0.2, 0.25) is 0 Å². The minimum Gasteiger partial charge on any atom is -0.495 e. The van der Waals surface area contributed by atoms with Crippen LogP contribution in [0.25, 0.3) is 0 Å². The van der Waals surface area contributed by atoms with Gasteiger partial charge in [-0.3, -0.25) is 15.0 Å². The molecule has 2 amide bonds. The molecular formula is C25H21ClFN5O3. The average Bonchev–Trinajstić information content (AvgIpc) is 2.84. The van der Waals surface area contributed by atoms with Crippen molar-refractivity contribution in [1.82, 2.24) is 9.88 Å². The van der Waals surface area contributed by atoms with Gasteiger partial charge in [-0.1, -0.05) is 23.6 Å². The van der Waals surface area contributed by atoms with Crippen LogP contribution in [0, 0.1) is 23.6 Å². The lowest BCUT2D eigenvalue weighted by Gasteiger charge is -2.17. The number of nitrogens with zero attached hydrogens (tertiary/aromatic N) is 2. The number of anilines is 2. The summed E-state index contributed by atoms with van der Waals surface area (Å²) in [7, 11) is 4.65. The van der Waals surface area contributed by atoms with Crippen LogP contribution in [0.4, 0.5) is 15.9 Å². The van der Waals surface area contributed by atoms with Crippen molar-refractivity contribution in [3.05, 3.63) is 81.8 Å². The molecule has 3 rings (SSSR count). The zero-order valence-corrected chi connectivity index (χ0v) is 19.8. The van der Waals surface area contributed by atoms with Gasteiger partial charge in [0.1, 0.15) is 23.2 Å². The number of ether oxygens (including phenoxy) is 1. The van der Waals surface area contributed by atoms with E-state index in [4.69, 9.17) is 28.2 Å². The molecule has 3 N–H and O–H groups in total. The molecule has 0 atom stereocenters. The van der Waals surface area contributed by atoms with E-state index in [1.54, 1.807) is 20.2 Å². The molecule has 0 saturated carbocycles. The second kappa shape index (κ2) is 10.7. The molecule has 0 spiro atoms. The van der Waals surface area contributed by atoms with Gasteiger partial charge in [0, 0.05) is 31.4 Å². The summed E-state index contributed by atoms with van der Waals surface area (Å²) >= 11 is 5.83. The lowest BCUT2D eigenvalue weighted by atomic mass is 10.0. The maximum absolute atomic E-state index is 14.8. The van der Waals surface area contributed by atoms with Crippen molar-refractivity contribution in [2.45, 2.75) is 0 Å². The van der Waals surface area contributed by atoms with Gasteiger partial charge < -0.3 is 20.3 Å². The zero-order valence-electron chi connectivity index (χ0n) is 19.1. The topological polar surface area (TPSA) is 107 Å². The van der Waals surface area contributed by atoms with Crippen LogP contribution < -0.4 is 15.4 Å². The van der Waals surface area contributed by atoms with Gasteiger partial charge in [-0.25, -0.2) is 9.37 Å². The third-order valence-electron chi connectivity index (χ3n) is 4.88. The van der Waals surface area contributed by atoms with Crippen molar-refractivity contribution in [1.29, 1.82) is 5.41 Å². The van der Waals surface area contributed by atoms with Gasteiger partial charge in [0.25, 0.3) is 11.8 Å². The molecule has 8 nitrogen and oxygen atoms in total. The van der Waals surface area contributed by atoms with Crippen molar-refractivity contribution >= 4 is 40.8 Å². The molecule has 0 unspecified atom stereocenters. The first-order valence-electron chi connectivity index (χ1n) is 10.1. The summed E-state index contributed by atoms with van der Waals surface area (Å²) in [5.74, 6) is 0.534. The predicted octanol–water partition coefficient (Wildman–Crippen LogP) is 4.26. The molecule has 0 aliphatic rings. The van der Waals surface area contributed by atoms with E-state index in [2.05, 4.69) is 21.5 Å². The minimum absolute atomic E-state index is 0.00697. The number of pyridine rings is 1. The molecule has 1 aromatic heterocycles. The number of carbonyl (C=O) groups is 2. The molecule has 0 bridgehead atoms. The summed E-state index contributed by atoms with van der Waals surface area (Å²) in [6.07, 6.45) is 6.87. The summed E-state index contributed by atoms with van der Waals surface area (Å²) in [5.41, 5.74) is 0.317. The van der Waals surface area contributed by atoms with Crippen LogP contribution >= 0.6 is 11.6 Å². The Balaban J connectivity index is 1.98. The summed E-state index contributed by atoms with van der Waals surface area (Å²) < 4.78 is 20.1. The molecular weight excluding hydrogens is 473 g/mol. The fraction of sp³-hybridized carbons (Fsp3) is 0.120. The molecule has 0 radical (unpaired) electrons. The van der Waals surface area contributed by atoms with Crippen LogP contribution in [-0.4, -0.2) is 48.7 Å². The van der Waals surface area contributed by atoms with E-state index in [1.165, 1.54) is 48.5 Å². The number of carbonyl (C=O) groups excluding carboxylic acids is 2. The van der Waals surface area contributed by atoms with Crippen LogP contribution in [0.1, 0.15) is 31.8 Å². The molecule has 0 fully saturated rings. The summed E-state index contributed by atoms with van der Waals surface area (Å²) in [6.45, 7) is 0. The predicted molar refractivity (Wildman–Crippen MR) is 133 cm³/mol. The van der Waals surface area contributed by atoms with Crippen molar-refractivity contribution in [3.63, 3.8) is 0 Å². The SMILES string of the molecule is C#Cc1cc(OC)c(NC(=O)c2ccc(C(=N)N(C)C)cc2F)c(C(=O)Nc2ccc(Cl)cn2)c1. The van der Waals surface area contributed by atoms with E-state index in [-0.39, 0.29) is 34.2 Å². The lowest BCUT2D eigenvalue weighted by Crippen LogP contribution is -2.23. The van der Waals surface area contributed by atoms with Gasteiger partial charge in [0.05, 0.1) is 28.9 Å². The van der Waals surface area contributed by atoms with Crippen LogP contribution in [0.5, 0.6) is 5.75 Å². The number of hydrogen-bond acceptors (Lipinski definition) is 5. The third-order valence-corrected chi connectivity index (χ3v) is 5.10. The number of rotatable bonds is 6. The number of hydrogen-bond donors (Lipinski definition) is 3. The summed E-state index contributed by atoms with van der Waals surface area (Å²) in [5, 5.41) is 13.5.